The van der Waals surface area contributed by atoms with E-state index in [0.717, 1.165) is 23.2 Å². The summed E-state index contributed by atoms with van der Waals surface area (Å²) in [5.41, 5.74) is 5.61. The van der Waals surface area contributed by atoms with Gasteiger partial charge in [-0.3, -0.25) is 0 Å². The van der Waals surface area contributed by atoms with Crippen LogP contribution in [0.15, 0.2) is 5.16 Å². The molecule has 1 saturated carbocycles. The van der Waals surface area contributed by atoms with Gasteiger partial charge >= 0.3 is 0 Å². The Kier molecular flexibility index (Phi) is 3.61. The number of nitrogens with two attached hydrogens (primary N) is 1. The van der Waals surface area contributed by atoms with Gasteiger partial charge in [-0.05, 0) is 19.3 Å². The maximum atomic E-state index is 8.71. The van der Waals surface area contributed by atoms with Crippen LogP contribution in [0.25, 0.3) is 0 Å². The van der Waals surface area contributed by atoms with Crippen LogP contribution in [0.2, 0.25) is 0 Å². The molecule has 0 bridgehead atoms. The van der Waals surface area contributed by atoms with Crippen molar-refractivity contribution in [3.05, 3.63) is 5.82 Å². The van der Waals surface area contributed by atoms with Crippen molar-refractivity contribution >= 4 is 11.8 Å². The van der Waals surface area contributed by atoms with Crippen molar-refractivity contribution in [2.24, 2.45) is 5.73 Å². The third-order valence-corrected chi connectivity index (χ3v) is 3.39. The normalized spacial score (nSPS) is 15.9. The van der Waals surface area contributed by atoms with Gasteiger partial charge < -0.3 is 15.4 Å². The standard InChI is InChI=1S/C9H16N4OS/c10-6-8-11-12-9(15-5-1-4-14)13(8)7-2-3-7/h7,14H,1-6,10H2. The van der Waals surface area contributed by atoms with Gasteiger partial charge in [-0.25, -0.2) is 0 Å². The first-order chi connectivity index (χ1) is 7.36. The van der Waals surface area contributed by atoms with Crippen molar-refractivity contribution in [3.8, 4) is 0 Å². The smallest absolute Gasteiger partial charge is 0.191 e. The van der Waals surface area contributed by atoms with Crippen molar-refractivity contribution < 1.29 is 5.11 Å². The van der Waals surface area contributed by atoms with Crippen molar-refractivity contribution in [1.29, 1.82) is 0 Å². The van der Waals surface area contributed by atoms with Crippen LogP contribution in [0.1, 0.15) is 31.1 Å². The molecule has 0 amide bonds. The summed E-state index contributed by atoms with van der Waals surface area (Å²) in [6, 6.07) is 0.565. The highest BCUT2D eigenvalue weighted by atomic mass is 32.2. The third kappa shape index (κ3) is 2.50. The lowest BCUT2D eigenvalue weighted by molar-refractivity contribution is 0.296. The maximum Gasteiger partial charge on any atom is 0.191 e. The Hall–Kier alpha value is -0.590. The minimum atomic E-state index is 0.230. The van der Waals surface area contributed by atoms with Crippen molar-refractivity contribution in [1.82, 2.24) is 14.8 Å². The van der Waals surface area contributed by atoms with Gasteiger partial charge in [0.05, 0.1) is 6.54 Å². The zero-order valence-corrected chi connectivity index (χ0v) is 9.41. The third-order valence-electron chi connectivity index (χ3n) is 2.36. The second-order valence-corrected chi connectivity index (χ2v) is 4.69. The summed E-state index contributed by atoms with van der Waals surface area (Å²) in [7, 11) is 0. The molecule has 2 rings (SSSR count). The lowest BCUT2D eigenvalue weighted by Gasteiger charge is -2.06. The number of nitrogens with zero attached hydrogens (tertiary/aromatic N) is 3. The van der Waals surface area contributed by atoms with E-state index in [2.05, 4.69) is 14.8 Å². The first-order valence-electron chi connectivity index (χ1n) is 5.24. The van der Waals surface area contributed by atoms with Crippen LogP contribution in [0.3, 0.4) is 0 Å². The quantitative estimate of drug-likeness (QED) is 0.549. The number of hydrogen-bond donors (Lipinski definition) is 2. The summed E-state index contributed by atoms with van der Waals surface area (Å²) in [5, 5.41) is 17.9. The van der Waals surface area contributed by atoms with Crippen LogP contribution in [0, 0.1) is 0 Å². The van der Waals surface area contributed by atoms with Gasteiger partial charge in [0, 0.05) is 18.4 Å². The Morgan fingerprint density at radius 1 is 1.47 bits per heavy atom. The number of thioether (sulfide) groups is 1. The van der Waals surface area contributed by atoms with Crippen molar-refractivity contribution in [3.63, 3.8) is 0 Å². The fourth-order valence-corrected chi connectivity index (χ4v) is 2.42. The number of hydrogen-bond acceptors (Lipinski definition) is 5. The zero-order valence-electron chi connectivity index (χ0n) is 8.59. The summed E-state index contributed by atoms with van der Waals surface area (Å²) >= 11 is 1.65. The Labute approximate surface area is 93.1 Å². The van der Waals surface area contributed by atoms with Gasteiger partial charge in [-0.1, -0.05) is 11.8 Å². The fourth-order valence-electron chi connectivity index (χ4n) is 1.47. The van der Waals surface area contributed by atoms with Crippen LogP contribution >= 0.6 is 11.8 Å². The van der Waals surface area contributed by atoms with Crippen LogP contribution in [0.5, 0.6) is 0 Å². The second kappa shape index (κ2) is 4.96. The first kappa shape index (κ1) is 10.9. The molecular weight excluding hydrogens is 212 g/mol. The van der Waals surface area contributed by atoms with E-state index in [1.807, 2.05) is 0 Å². The zero-order chi connectivity index (χ0) is 10.7. The van der Waals surface area contributed by atoms with E-state index in [4.69, 9.17) is 10.8 Å². The molecule has 1 aromatic heterocycles. The van der Waals surface area contributed by atoms with Crippen molar-refractivity contribution in [2.45, 2.75) is 37.0 Å². The molecule has 6 heteroatoms. The molecule has 0 spiro atoms. The number of rotatable bonds is 6. The highest BCUT2D eigenvalue weighted by Gasteiger charge is 2.28. The van der Waals surface area contributed by atoms with E-state index in [0.29, 0.717) is 12.6 Å². The SMILES string of the molecule is NCc1nnc(SCCCO)n1C1CC1. The summed E-state index contributed by atoms with van der Waals surface area (Å²) in [5.74, 6) is 1.76. The lowest BCUT2D eigenvalue weighted by atomic mass is 10.5. The molecular formula is C9H16N4OS. The van der Waals surface area contributed by atoms with E-state index >= 15 is 0 Å². The Balaban J connectivity index is 2.05. The average Bonchev–Trinajstić information content (AvgIpc) is 3.00. The molecule has 0 saturated heterocycles. The largest absolute Gasteiger partial charge is 0.396 e. The summed E-state index contributed by atoms with van der Waals surface area (Å²) < 4.78 is 2.15. The predicted octanol–water partition coefficient (Wildman–Crippen LogP) is 0.546. The summed E-state index contributed by atoms with van der Waals surface area (Å²) in [6.45, 7) is 0.679. The van der Waals surface area contributed by atoms with Crippen LogP contribution < -0.4 is 5.73 Å². The van der Waals surface area contributed by atoms with Gasteiger partial charge in [-0.2, -0.15) is 0 Å². The predicted molar refractivity (Wildman–Crippen MR) is 58.6 cm³/mol. The van der Waals surface area contributed by atoms with Gasteiger partial charge in [0.15, 0.2) is 5.16 Å². The Bertz CT molecular complexity index is 324. The molecule has 84 valence electrons. The summed E-state index contributed by atoms with van der Waals surface area (Å²) in [4.78, 5) is 0. The number of aliphatic hydroxyl groups excluding tert-OH is 1. The Morgan fingerprint density at radius 2 is 2.27 bits per heavy atom. The number of aliphatic hydroxyl groups is 1. The Morgan fingerprint density at radius 3 is 2.87 bits per heavy atom. The molecule has 0 radical (unpaired) electrons. The van der Waals surface area contributed by atoms with E-state index in [1.54, 1.807) is 11.8 Å². The van der Waals surface area contributed by atoms with Crippen molar-refractivity contribution in [2.75, 3.05) is 12.4 Å². The molecule has 0 atom stereocenters. The minimum absolute atomic E-state index is 0.230. The van der Waals surface area contributed by atoms with Gasteiger partial charge in [-0.15, -0.1) is 10.2 Å². The number of aromatic nitrogens is 3. The molecule has 1 heterocycles. The second-order valence-electron chi connectivity index (χ2n) is 3.63. The molecule has 0 aliphatic heterocycles. The molecule has 1 aliphatic carbocycles. The van der Waals surface area contributed by atoms with Gasteiger partial charge in [0.2, 0.25) is 0 Å². The van der Waals surface area contributed by atoms with E-state index in [1.165, 1.54) is 12.8 Å². The fraction of sp³-hybridized carbons (Fsp3) is 0.778. The molecule has 15 heavy (non-hydrogen) atoms. The van der Waals surface area contributed by atoms with E-state index in [-0.39, 0.29) is 6.61 Å². The lowest BCUT2D eigenvalue weighted by Crippen LogP contribution is -2.08. The molecule has 3 N–H and O–H groups in total. The molecule has 1 fully saturated rings. The van der Waals surface area contributed by atoms with Crippen LogP contribution in [0.4, 0.5) is 0 Å². The van der Waals surface area contributed by atoms with Crippen LogP contribution in [-0.4, -0.2) is 32.2 Å². The molecule has 1 aromatic rings. The highest BCUT2D eigenvalue weighted by molar-refractivity contribution is 7.99. The maximum absolute atomic E-state index is 8.71. The van der Waals surface area contributed by atoms with E-state index in [9.17, 15) is 0 Å². The minimum Gasteiger partial charge on any atom is -0.396 e. The molecule has 1 aliphatic rings. The highest BCUT2D eigenvalue weighted by Crippen LogP contribution is 2.38. The van der Waals surface area contributed by atoms with Gasteiger partial charge in [0.25, 0.3) is 0 Å². The topological polar surface area (TPSA) is 77.0 Å². The molecule has 0 aromatic carbocycles. The van der Waals surface area contributed by atoms with E-state index < -0.39 is 0 Å². The monoisotopic (exact) mass is 228 g/mol. The molecule has 0 unspecified atom stereocenters. The average molecular weight is 228 g/mol. The van der Waals surface area contributed by atoms with Gasteiger partial charge in [0.1, 0.15) is 5.82 Å². The van der Waals surface area contributed by atoms with Crippen LogP contribution in [-0.2, 0) is 6.54 Å². The summed E-state index contributed by atoms with van der Waals surface area (Å²) in [6.07, 6.45) is 3.21. The molecule has 5 nitrogen and oxygen atoms in total. The first-order valence-corrected chi connectivity index (χ1v) is 6.23.